The highest BCUT2D eigenvalue weighted by molar-refractivity contribution is 9.11. The Hall–Kier alpha value is 0.170. The summed E-state index contributed by atoms with van der Waals surface area (Å²) in [5.74, 6) is 0.636. The van der Waals surface area contributed by atoms with Crippen molar-refractivity contribution < 1.29 is 0 Å². The van der Waals surface area contributed by atoms with Gasteiger partial charge in [0.2, 0.25) is 0 Å². The predicted octanol–water partition coefficient (Wildman–Crippen LogP) is 3.06. The summed E-state index contributed by atoms with van der Waals surface area (Å²) in [5.41, 5.74) is 0. The van der Waals surface area contributed by atoms with Crippen molar-refractivity contribution in [3.8, 4) is 0 Å². The van der Waals surface area contributed by atoms with Crippen LogP contribution in [0.1, 0.15) is 13.8 Å². The van der Waals surface area contributed by atoms with Gasteiger partial charge >= 0.3 is 0 Å². The fourth-order valence-electron chi connectivity index (χ4n) is 0.862. The van der Waals surface area contributed by atoms with Crippen molar-refractivity contribution in [3.05, 3.63) is 15.5 Å². The number of rotatable bonds is 2. The molecule has 0 aliphatic rings. The lowest BCUT2D eigenvalue weighted by Crippen LogP contribution is -2.04. The van der Waals surface area contributed by atoms with E-state index in [-0.39, 0.29) is 0 Å². The summed E-state index contributed by atoms with van der Waals surface area (Å²) in [6, 6.07) is 0. The predicted molar refractivity (Wildman–Crippen MR) is 52.5 cm³/mol. The maximum absolute atomic E-state index is 4.10. The van der Waals surface area contributed by atoms with Gasteiger partial charge in [-0.15, -0.1) is 0 Å². The number of halogens is 2. The van der Waals surface area contributed by atoms with E-state index in [1.807, 2.05) is 0 Å². The molecule has 2 nitrogen and oxygen atoms in total. The number of hydrogen-bond donors (Lipinski definition) is 0. The van der Waals surface area contributed by atoms with E-state index in [0.717, 1.165) is 15.9 Å². The number of nitrogens with zero attached hydrogens (tertiary/aromatic N) is 2. The minimum Gasteiger partial charge on any atom is -0.313 e. The molecule has 1 heterocycles. The van der Waals surface area contributed by atoms with Crippen LogP contribution in [0.3, 0.4) is 0 Å². The van der Waals surface area contributed by atoms with E-state index in [1.54, 1.807) is 6.20 Å². The molecule has 0 bridgehead atoms. The standard InChI is InChI=1S/C7H10Br2N2/c1-5(2)4-11-6(8)3-10-7(11)9/h3,5H,4H2,1-2H3. The van der Waals surface area contributed by atoms with Crippen molar-refractivity contribution in [2.45, 2.75) is 20.4 Å². The Labute approximate surface area is 83.3 Å². The van der Waals surface area contributed by atoms with E-state index in [2.05, 4.69) is 55.3 Å². The highest BCUT2D eigenvalue weighted by atomic mass is 79.9. The Morgan fingerprint density at radius 1 is 1.55 bits per heavy atom. The summed E-state index contributed by atoms with van der Waals surface area (Å²) in [6.45, 7) is 5.35. The molecule has 0 spiro atoms. The quantitative estimate of drug-likeness (QED) is 0.815. The zero-order chi connectivity index (χ0) is 8.43. The van der Waals surface area contributed by atoms with Crippen LogP contribution in [0, 0.1) is 5.92 Å². The SMILES string of the molecule is CC(C)Cn1c(Br)cnc1Br. The van der Waals surface area contributed by atoms with Crippen LogP contribution in [0.2, 0.25) is 0 Å². The molecule has 11 heavy (non-hydrogen) atoms. The lowest BCUT2D eigenvalue weighted by molar-refractivity contribution is 0.510. The van der Waals surface area contributed by atoms with Gasteiger partial charge in [-0.3, -0.25) is 0 Å². The Balaban J connectivity index is 2.83. The largest absolute Gasteiger partial charge is 0.313 e. The monoisotopic (exact) mass is 280 g/mol. The zero-order valence-corrected chi connectivity index (χ0v) is 9.68. The van der Waals surface area contributed by atoms with Crippen LogP contribution in [-0.2, 0) is 6.54 Å². The van der Waals surface area contributed by atoms with Gasteiger partial charge in [-0.2, -0.15) is 0 Å². The Bertz CT molecular complexity index is 223. The zero-order valence-electron chi connectivity index (χ0n) is 6.51. The van der Waals surface area contributed by atoms with Crippen molar-refractivity contribution in [1.29, 1.82) is 0 Å². The van der Waals surface area contributed by atoms with Gasteiger partial charge in [0.1, 0.15) is 4.60 Å². The third kappa shape index (κ3) is 2.30. The molecule has 0 radical (unpaired) electrons. The third-order valence-electron chi connectivity index (χ3n) is 1.31. The smallest absolute Gasteiger partial charge is 0.177 e. The first-order chi connectivity index (χ1) is 5.11. The molecule has 0 saturated carbocycles. The van der Waals surface area contributed by atoms with Gasteiger partial charge in [0, 0.05) is 6.54 Å². The van der Waals surface area contributed by atoms with Crippen molar-refractivity contribution in [2.75, 3.05) is 0 Å². The highest BCUT2D eigenvalue weighted by Gasteiger charge is 2.05. The molecule has 1 aromatic heterocycles. The maximum Gasteiger partial charge on any atom is 0.177 e. The van der Waals surface area contributed by atoms with E-state index in [1.165, 1.54) is 0 Å². The third-order valence-corrected chi connectivity index (χ3v) is 2.57. The summed E-state index contributed by atoms with van der Waals surface area (Å²) in [6.07, 6.45) is 1.80. The molecule has 0 saturated heterocycles. The van der Waals surface area contributed by atoms with Crippen LogP contribution in [0.15, 0.2) is 15.5 Å². The van der Waals surface area contributed by atoms with Crippen LogP contribution in [0.25, 0.3) is 0 Å². The van der Waals surface area contributed by atoms with Crippen molar-refractivity contribution in [2.24, 2.45) is 5.92 Å². The lowest BCUT2D eigenvalue weighted by atomic mass is 10.2. The number of imidazole rings is 1. The summed E-state index contributed by atoms with van der Waals surface area (Å²) in [4.78, 5) is 4.10. The Morgan fingerprint density at radius 2 is 2.18 bits per heavy atom. The molecule has 0 unspecified atom stereocenters. The van der Waals surface area contributed by atoms with Gasteiger partial charge in [-0.1, -0.05) is 13.8 Å². The Morgan fingerprint density at radius 3 is 2.55 bits per heavy atom. The molecule has 0 N–H and O–H groups in total. The maximum atomic E-state index is 4.10. The second-order valence-electron chi connectivity index (χ2n) is 2.85. The van der Waals surface area contributed by atoms with Crippen LogP contribution in [-0.4, -0.2) is 9.55 Å². The van der Waals surface area contributed by atoms with Crippen LogP contribution in [0.5, 0.6) is 0 Å². The normalized spacial score (nSPS) is 11.0. The molecule has 1 rings (SSSR count). The second-order valence-corrected chi connectivity index (χ2v) is 4.38. The molecule has 0 aliphatic heterocycles. The Kier molecular flexibility index (Phi) is 3.13. The van der Waals surface area contributed by atoms with Crippen molar-refractivity contribution >= 4 is 31.9 Å². The van der Waals surface area contributed by atoms with Crippen molar-refractivity contribution in [3.63, 3.8) is 0 Å². The molecule has 0 atom stereocenters. The second kappa shape index (κ2) is 3.72. The topological polar surface area (TPSA) is 17.8 Å². The van der Waals surface area contributed by atoms with Crippen LogP contribution in [0.4, 0.5) is 0 Å². The summed E-state index contributed by atoms with van der Waals surface area (Å²) >= 11 is 6.78. The van der Waals surface area contributed by atoms with Crippen LogP contribution >= 0.6 is 31.9 Å². The summed E-state index contributed by atoms with van der Waals surface area (Å²) in [7, 11) is 0. The lowest BCUT2D eigenvalue weighted by Gasteiger charge is -2.07. The van der Waals surface area contributed by atoms with E-state index in [4.69, 9.17) is 0 Å². The average Bonchev–Trinajstić information content (AvgIpc) is 2.18. The molecule has 1 aromatic rings. The molecule has 0 aromatic carbocycles. The fraction of sp³-hybridized carbons (Fsp3) is 0.571. The first-order valence-electron chi connectivity index (χ1n) is 3.47. The van der Waals surface area contributed by atoms with Gasteiger partial charge in [-0.25, -0.2) is 4.98 Å². The van der Waals surface area contributed by atoms with Crippen LogP contribution < -0.4 is 0 Å². The summed E-state index contributed by atoms with van der Waals surface area (Å²) in [5, 5.41) is 0. The van der Waals surface area contributed by atoms with Gasteiger partial charge in [0.25, 0.3) is 0 Å². The first kappa shape index (κ1) is 9.26. The molecular formula is C7H10Br2N2. The van der Waals surface area contributed by atoms with E-state index >= 15 is 0 Å². The molecule has 4 heteroatoms. The molecule has 0 fully saturated rings. The molecular weight excluding hydrogens is 272 g/mol. The minimum absolute atomic E-state index is 0.636. The van der Waals surface area contributed by atoms with Gasteiger partial charge in [-0.05, 0) is 37.8 Å². The van der Waals surface area contributed by atoms with Gasteiger partial charge < -0.3 is 4.57 Å². The van der Waals surface area contributed by atoms with E-state index in [0.29, 0.717) is 5.92 Å². The van der Waals surface area contributed by atoms with Crippen molar-refractivity contribution in [1.82, 2.24) is 9.55 Å². The molecule has 0 amide bonds. The highest BCUT2D eigenvalue weighted by Crippen LogP contribution is 2.18. The van der Waals surface area contributed by atoms with Gasteiger partial charge in [0.05, 0.1) is 6.20 Å². The fourth-order valence-corrected chi connectivity index (χ4v) is 1.95. The molecule has 62 valence electrons. The summed E-state index contributed by atoms with van der Waals surface area (Å²) < 4.78 is 4.00. The average molecular weight is 282 g/mol. The minimum atomic E-state index is 0.636. The molecule has 0 aliphatic carbocycles. The van der Waals surface area contributed by atoms with E-state index in [9.17, 15) is 0 Å². The van der Waals surface area contributed by atoms with E-state index < -0.39 is 0 Å². The number of aromatic nitrogens is 2. The van der Waals surface area contributed by atoms with Gasteiger partial charge in [0.15, 0.2) is 4.73 Å². The first-order valence-corrected chi connectivity index (χ1v) is 5.06. The number of hydrogen-bond acceptors (Lipinski definition) is 1.